The number of nitrogens with one attached hydrogen (secondary N) is 1. The number of rotatable bonds is 6. The molecule has 5 nitrogen and oxygen atoms in total. The van der Waals surface area contributed by atoms with Crippen molar-refractivity contribution < 1.29 is 9.53 Å². The van der Waals surface area contributed by atoms with E-state index in [1.165, 1.54) is 11.1 Å². The van der Waals surface area contributed by atoms with E-state index in [0.29, 0.717) is 15.8 Å². The van der Waals surface area contributed by atoms with Crippen molar-refractivity contribution in [1.29, 1.82) is 0 Å². The zero-order valence-electron chi connectivity index (χ0n) is 17.3. The van der Waals surface area contributed by atoms with Gasteiger partial charge >= 0.3 is 0 Å². The molecule has 0 saturated carbocycles. The fraction of sp³-hybridized carbons (Fsp3) is 0.217. The van der Waals surface area contributed by atoms with E-state index < -0.39 is 0 Å². The van der Waals surface area contributed by atoms with Crippen molar-refractivity contribution in [2.24, 2.45) is 5.10 Å². The Morgan fingerprint density at radius 3 is 2.53 bits per heavy atom. The molecule has 156 valence electrons. The van der Waals surface area contributed by atoms with Crippen molar-refractivity contribution in [2.45, 2.75) is 27.7 Å². The third kappa shape index (κ3) is 5.04. The van der Waals surface area contributed by atoms with Gasteiger partial charge in [-0.05, 0) is 75.2 Å². The highest BCUT2D eigenvalue weighted by Gasteiger charge is 2.10. The minimum Gasteiger partial charge on any atom is -0.482 e. The predicted octanol–water partition coefficient (Wildman–Crippen LogP) is 5.55. The largest absolute Gasteiger partial charge is 0.482 e. The lowest BCUT2D eigenvalue weighted by Crippen LogP contribution is -2.24. The number of benzene rings is 2. The van der Waals surface area contributed by atoms with E-state index >= 15 is 0 Å². The number of halogens is 2. The molecule has 3 rings (SSSR count). The molecule has 1 amide bonds. The van der Waals surface area contributed by atoms with Crippen LogP contribution >= 0.6 is 23.2 Å². The molecule has 0 unspecified atom stereocenters. The Kier molecular flexibility index (Phi) is 6.85. The van der Waals surface area contributed by atoms with Crippen LogP contribution in [0, 0.1) is 27.7 Å². The van der Waals surface area contributed by atoms with Gasteiger partial charge in [0.25, 0.3) is 5.91 Å². The van der Waals surface area contributed by atoms with Gasteiger partial charge in [-0.2, -0.15) is 5.10 Å². The molecule has 1 aromatic heterocycles. The second kappa shape index (κ2) is 9.37. The van der Waals surface area contributed by atoms with Crippen LogP contribution in [0.3, 0.4) is 0 Å². The Hall–Kier alpha value is -2.76. The molecule has 7 heteroatoms. The fourth-order valence-corrected chi connectivity index (χ4v) is 3.59. The lowest BCUT2D eigenvalue weighted by Gasteiger charge is -2.11. The van der Waals surface area contributed by atoms with Gasteiger partial charge in [0, 0.05) is 27.7 Å². The van der Waals surface area contributed by atoms with Gasteiger partial charge < -0.3 is 9.30 Å². The lowest BCUT2D eigenvalue weighted by atomic mass is 10.1. The number of hydrogen-bond acceptors (Lipinski definition) is 3. The quantitative estimate of drug-likeness (QED) is 0.401. The van der Waals surface area contributed by atoms with Crippen LogP contribution in [0.1, 0.15) is 28.1 Å². The van der Waals surface area contributed by atoms with E-state index in [9.17, 15) is 4.79 Å². The first-order chi connectivity index (χ1) is 14.3. The first kappa shape index (κ1) is 21.9. The third-order valence-corrected chi connectivity index (χ3v) is 5.40. The first-order valence-electron chi connectivity index (χ1n) is 9.42. The van der Waals surface area contributed by atoms with Crippen LogP contribution in [-0.2, 0) is 4.79 Å². The highest BCUT2D eigenvalue weighted by Crippen LogP contribution is 2.27. The molecule has 30 heavy (non-hydrogen) atoms. The van der Waals surface area contributed by atoms with Crippen LogP contribution in [0.4, 0.5) is 0 Å². The number of hydrazone groups is 1. The van der Waals surface area contributed by atoms with E-state index in [4.69, 9.17) is 27.9 Å². The van der Waals surface area contributed by atoms with Crippen LogP contribution < -0.4 is 10.2 Å². The molecule has 0 aliphatic rings. The number of aryl methyl sites for hydroxylation is 3. The average Bonchev–Trinajstić information content (AvgIpc) is 2.97. The van der Waals surface area contributed by atoms with Gasteiger partial charge in [-0.1, -0.05) is 29.3 Å². The van der Waals surface area contributed by atoms with E-state index in [2.05, 4.69) is 47.1 Å². The van der Waals surface area contributed by atoms with E-state index in [1.54, 1.807) is 24.4 Å². The van der Waals surface area contributed by atoms with Crippen molar-refractivity contribution in [1.82, 2.24) is 9.99 Å². The Morgan fingerprint density at radius 2 is 1.83 bits per heavy atom. The smallest absolute Gasteiger partial charge is 0.277 e. The summed E-state index contributed by atoms with van der Waals surface area (Å²) < 4.78 is 7.57. The maximum atomic E-state index is 12.0. The molecule has 0 atom stereocenters. The Balaban J connectivity index is 1.65. The van der Waals surface area contributed by atoms with Gasteiger partial charge in [-0.15, -0.1) is 0 Å². The Labute approximate surface area is 186 Å². The summed E-state index contributed by atoms with van der Waals surface area (Å²) in [6.07, 6.45) is 1.63. The van der Waals surface area contributed by atoms with Gasteiger partial charge in [0.1, 0.15) is 5.75 Å². The zero-order chi connectivity index (χ0) is 21.8. The van der Waals surface area contributed by atoms with Gasteiger partial charge in [0.05, 0.1) is 11.2 Å². The molecule has 0 spiro atoms. The Morgan fingerprint density at radius 1 is 1.07 bits per heavy atom. The normalized spacial score (nSPS) is 11.1. The van der Waals surface area contributed by atoms with Crippen molar-refractivity contribution in [2.75, 3.05) is 6.61 Å². The van der Waals surface area contributed by atoms with Crippen LogP contribution in [0.25, 0.3) is 5.69 Å². The second-order valence-corrected chi connectivity index (χ2v) is 7.93. The van der Waals surface area contributed by atoms with Gasteiger partial charge in [-0.25, -0.2) is 5.43 Å². The van der Waals surface area contributed by atoms with E-state index in [0.717, 1.165) is 22.6 Å². The molecular weight excluding hydrogens is 421 g/mol. The number of aromatic nitrogens is 1. The lowest BCUT2D eigenvalue weighted by molar-refractivity contribution is -0.123. The molecular formula is C23H23Cl2N3O2. The topological polar surface area (TPSA) is 55.6 Å². The Bertz CT molecular complexity index is 1120. The summed E-state index contributed by atoms with van der Waals surface area (Å²) in [4.78, 5) is 12.0. The molecule has 0 radical (unpaired) electrons. The number of carbonyl (C=O) groups is 1. The van der Waals surface area contributed by atoms with Crippen LogP contribution in [0.2, 0.25) is 10.0 Å². The van der Waals surface area contributed by atoms with Crippen LogP contribution in [0.5, 0.6) is 5.75 Å². The average molecular weight is 444 g/mol. The van der Waals surface area contributed by atoms with E-state index in [1.807, 2.05) is 19.9 Å². The number of ether oxygens (including phenoxy) is 1. The zero-order valence-corrected chi connectivity index (χ0v) is 18.8. The summed E-state index contributed by atoms with van der Waals surface area (Å²) in [5.74, 6) is -0.00244. The molecule has 1 heterocycles. The number of carbonyl (C=O) groups excluding carboxylic acids is 1. The summed E-state index contributed by atoms with van der Waals surface area (Å²) in [6, 6.07) is 13.2. The summed E-state index contributed by atoms with van der Waals surface area (Å²) in [5.41, 5.74) is 9.12. The summed E-state index contributed by atoms with van der Waals surface area (Å²) in [6.45, 7) is 8.06. The molecule has 2 aromatic carbocycles. The number of hydrogen-bond donors (Lipinski definition) is 1. The molecule has 1 N–H and O–H groups in total. The van der Waals surface area contributed by atoms with Crippen molar-refractivity contribution >= 4 is 35.3 Å². The van der Waals surface area contributed by atoms with Crippen molar-refractivity contribution in [3.8, 4) is 11.4 Å². The standard InChI is InChI=1S/C23H23Cl2N3O2/c1-14-5-7-20(9-15(14)2)28-16(3)10-18(17(28)4)12-26-27-23(29)13-30-22-8-6-19(24)11-21(22)25/h5-12H,13H2,1-4H3,(H,27,29)/b26-12+. The van der Waals surface area contributed by atoms with E-state index in [-0.39, 0.29) is 12.5 Å². The van der Waals surface area contributed by atoms with Crippen LogP contribution in [0.15, 0.2) is 47.6 Å². The first-order valence-corrected chi connectivity index (χ1v) is 10.2. The van der Waals surface area contributed by atoms with Gasteiger partial charge in [0.15, 0.2) is 6.61 Å². The van der Waals surface area contributed by atoms with Crippen molar-refractivity contribution in [3.05, 3.63) is 80.6 Å². The summed E-state index contributed by atoms with van der Waals surface area (Å²) in [5, 5.41) is 4.90. The molecule has 0 aliphatic heterocycles. The second-order valence-electron chi connectivity index (χ2n) is 7.09. The predicted molar refractivity (Wildman–Crippen MR) is 122 cm³/mol. The molecule has 3 aromatic rings. The number of amides is 1. The van der Waals surface area contributed by atoms with Gasteiger partial charge in [0.2, 0.25) is 0 Å². The summed E-state index contributed by atoms with van der Waals surface area (Å²) >= 11 is 11.9. The highest BCUT2D eigenvalue weighted by molar-refractivity contribution is 6.35. The van der Waals surface area contributed by atoms with Crippen LogP contribution in [-0.4, -0.2) is 23.3 Å². The minimum absolute atomic E-state index is 0.208. The SMILES string of the molecule is Cc1ccc(-n2c(C)cc(/C=N/NC(=O)COc3ccc(Cl)cc3Cl)c2C)cc1C. The van der Waals surface area contributed by atoms with Crippen molar-refractivity contribution in [3.63, 3.8) is 0 Å². The number of nitrogens with zero attached hydrogens (tertiary/aromatic N) is 2. The molecule has 0 aliphatic carbocycles. The highest BCUT2D eigenvalue weighted by atomic mass is 35.5. The molecule has 0 bridgehead atoms. The molecule has 0 saturated heterocycles. The maximum Gasteiger partial charge on any atom is 0.277 e. The molecule has 0 fully saturated rings. The monoisotopic (exact) mass is 443 g/mol. The minimum atomic E-state index is -0.389. The van der Waals surface area contributed by atoms with Gasteiger partial charge in [-0.3, -0.25) is 4.79 Å². The summed E-state index contributed by atoms with van der Waals surface area (Å²) in [7, 11) is 0. The fourth-order valence-electron chi connectivity index (χ4n) is 3.12. The maximum absolute atomic E-state index is 12.0. The third-order valence-electron chi connectivity index (χ3n) is 4.86.